The van der Waals surface area contributed by atoms with E-state index in [2.05, 4.69) is 42.6 Å². The third-order valence-corrected chi connectivity index (χ3v) is 3.75. The lowest BCUT2D eigenvalue weighted by molar-refractivity contribution is 0.133. The molecule has 1 N–H and O–H groups in total. The lowest BCUT2D eigenvalue weighted by Crippen LogP contribution is -2.15. The van der Waals surface area contributed by atoms with Gasteiger partial charge in [0.25, 0.3) is 0 Å². The van der Waals surface area contributed by atoms with Crippen LogP contribution < -0.4 is 5.32 Å². The Hall–Kier alpha value is -1.35. The monoisotopic (exact) mass is 303 g/mol. The number of halogens is 1. The van der Waals surface area contributed by atoms with Crippen LogP contribution in [-0.4, -0.2) is 6.61 Å². The molecule has 0 fully saturated rings. The van der Waals surface area contributed by atoms with Crippen LogP contribution in [-0.2, 0) is 24.4 Å². The summed E-state index contributed by atoms with van der Waals surface area (Å²) in [5, 5.41) is 4.29. The van der Waals surface area contributed by atoms with Crippen molar-refractivity contribution in [1.82, 2.24) is 5.32 Å². The van der Waals surface area contributed by atoms with E-state index in [0.29, 0.717) is 6.61 Å². The lowest BCUT2D eigenvalue weighted by Gasteiger charge is -2.12. The largest absolute Gasteiger partial charge is 0.377 e. The Balaban J connectivity index is 1.94. The van der Waals surface area contributed by atoms with Crippen LogP contribution in [0.15, 0.2) is 42.5 Å². The van der Waals surface area contributed by atoms with Crippen LogP contribution in [0.4, 0.5) is 0 Å². The minimum Gasteiger partial charge on any atom is -0.377 e. The van der Waals surface area contributed by atoms with Crippen LogP contribution in [0.25, 0.3) is 0 Å². The molecule has 0 saturated heterocycles. The number of hydrogen-bond acceptors (Lipinski definition) is 2. The topological polar surface area (TPSA) is 21.3 Å². The van der Waals surface area contributed by atoms with Crippen molar-refractivity contribution in [3.05, 3.63) is 69.7 Å². The van der Waals surface area contributed by atoms with Crippen molar-refractivity contribution in [3.63, 3.8) is 0 Å². The van der Waals surface area contributed by atoms with Crippen molar-refractivity contribution in [2.45, 2.75) is 33.5 Å². The maximum atomic E-state index is 5.98. The molecule has 3 heteroatoms. The van der Waals surface area contributed by atoms with Crippen molar-refractivity contribution < 1.29 is 4.74 Å². The number of hydrogen-bond donors (Lipinski definition) is 1. The summed E-state index contributed by atoms with van der Waals surface area (Å²) >= 11 is 5.98. The molecular weight excluding hydrogens is 282 g/mol. The maximum Gasteiger partial charge on any atom is 0.0719 e. The molecule has 112 valence electrons. The highest BCUT2D eigenvalue weighted by Gasteiger charge is 2.03. The second kappa shape index (κ2) is 8.18. The average molecular weight is 304 g/mol. The van der Waals surface area contributed by atoms with E-state index in [0.717, 1.165) is 24.7 Å². The maximum absolute atomic E-state index is 5.98. The third-order valence-electron chi connectivity index (χ3n) is 3.52. The fraction of sp³-hybridized carbons (Fsp3) is 0.333. The fourth-order valence-electron chi connectivity index (χ4n) is 2.27. The zero-order chi connectivity index (χ0) is 15.1. The van der Waals surface area contributed by atoms with Gasteiger partial charge in [-0.15, -0.1) is 0 Å². The molecule has 21 heavy (non-hydrogen) atoms. The van der Waals surface area contributed by atoms with E-state index >= 15 is 0 Å². The van der Waals surface area contributed by atoms with Gasteiger partial charge in [0.1, 0.15) is 0 Å². The Morgan fingerprint density at radius 1 is 1.00 bits per heavy atom. The SMILES string of the molecule is CCOCc1ccccc1CNCc1ccc(Cl)cc1C. The van der Waals surface area contributed by atoms with Gasteiger partial charge in [-0.05, 0) is 48.2 Å². The second-order valence-electron chi connectivity index (χ2n) is 5.08. The predicted molar refractivity (Wildman–Crippen MR) is 88.5 cm³/mol. The summed E-state index contributed by atoms with van der Waals surface area (Å²) in [6, 6.07) is 14.4. The number of aryl methyl sites for hydroxylation is 1. The molecule has 0 bridgehead atoms. The fourth-order valence-corrected chi connectivity index (χ4v) is 2.50. The molecule has 0 radical (unpaired) electrons. The molecule has 0 aromatic heterocycles. The Kier molecular flexibility index (Phi) is 6.24. The highest BCUT2D eigenvalue weighted by molar-refractivity contribution is 6.30. The first-order chi connectivity index (χ1) is 10.2. The van der Waals surface area contributed by atoms with Gasteiger partial charge in [0, 0.05) is 24.7 Å². The molecule has 0 spiro atoms. The lowest BCUT2D eigenvalue weighted by atomic mass is 10.1. The average Bonchev–Trinajstić information content (AvgIpc) is 2.48. The summed E-state index contributed by atoms with van der Waals surface area (Å²) in [5.41, 5.74) is 5.04. The van der Waals surface area contributed by atoms with Gasteiger partial charge in [0.15, 0.2) is 0 Å². The normalized spacial score (nSPS) is 10.8. The van der Waals surface area contributed by atoms with E-state index in [-0.39, 0.29) is 0 Å². The van der Waals surface area contributed by atoms with Gasteiger partial charge in [0.2, 0.25) is 0 Å². The van der Waals surface area contributed by atoms with E-state index in [1.165, 1.54) is 22.3 Å². The van der Waals surface area contributed by atoms with Crippen molar-refractivity contribution in [1.29, 1.82) is 0 Å². The smallest absolute Gasteiger partial charge is 0.0719 e. The number of nitrogens with one attached hydrogen (secondary N) is 1. The van der Waals surface area contributed by atoms with E-state index in [4.69, 9.17) is 16.3 Å². The van der Waals surface area contributed by atoms with E-state index in [1.807, 2.05) is 19.1 Å². The second-order valence-corrected chi connectivity index (χ2v) is 5.52. The summed E-state index contributed by atoms with van der Waals surface area (Å²) in [6.07, 6.45) is 0. The molecule has 0 heterocycles. The minimum atomic E-state index is 0.675. The Labute approximate surface area is 132 Å². The predicted octanol–water partition coefficient (Wildman–Crippen LogP) is 4.47. The molecule has 0 amide bonds. The number of benzene rings is 2. The van der Waals surface area contributed by atoms with Gasteiger partial charge in [-0.2, -0.15) is 0 Å². The third kappa shape index (κ3) is 4.85. The molecule has 2 aromatic carbocycles. The summed E-state index contributed by atoms with van der Waals surface area (Å²) in [7, 11) is 0. The highest BCUT2D eigenvalue weighted by atomic mass is 35.5. The van der Waals surface area contributed by atoms with Crippen molar-refractivity contribution >= 4 is 11.6 Å². The summed E-state index contributed by atoms with van der Waals surface area (Å²) in [4.78, 5) is 0. The van der Waals surface area contributed by atoms with Crippen molar-refractivity contribution in [2.24, 2.45) is 0 Å². The Bertz CT molecular complexity index is 583. The molecule has 0 aliphatic carbocycles. The van der Waals surface area contributed by atoms with Gasteiger partial charge < -0.3 is 10.1 Å². The number of rotatable bonds is 7. The molecule has 0 unspecified atom stereocenters. The molecule has 0 aliphatic rings. The van der Waals surface area contributed by atoms with Crippen molar-refractivity contribution in [3.8, 4) is 0 Å². The van der Waals surface area contributed by atoms with Gasteiger partial charge in [-0.1, -0.05) is 41.9 Å². The Morgan fingerprint density at radius 3 is 2.43 bits per heavy atom. The van der Waals surface area contributed by atoms with Crippen molar-refractivity contribution in [2.75, 3.05) is 6.61 Å². The molecular formula is C18H22ClNO. The zero-order valence-electron chi connectivity index (χ0n) is 12.7. The first-order valence-electron chi connectivity index (χ1n) is 7.31. The minimum absolute atomic E-state index is 0.675. The Morgan fingerprint density at radius 2 is 1.71 bits per heavy atom. The zero-order valence-corrected chi connectivity index (χ0v) is 13.4. The number of ether oxygens (including phenoxy) is 1. The quantitative estimate of drug-likeness (QED) is 0.814. The van der Waals surface area contributed by atoms with Crippen LogP contribution >= 0.6 is 11.6 Å². The van der Waals surface area contributed by atoms with Gasteiger partial charge in [-0.3, -0.25) is 0 Å². The van der Waals surface area contributed by atoms with Crippen LogP contribution in [0.5, 0.6) is 0 Å². The summed E-state index contributed by atoms with van der Waals surface area (Å²) in [6.45, 7) is 7.20. The standard InChI is InChI=1S/C18H22ClNO/c1-3-21-13-17-7-5-4-6-16(17)12-20-11-15-8-9-18(19)10-14(15)2/h4-10,20H,3,11-13H2,1-2H3. The van der Waals surface area contributed by atoms with E-state index < -0.39 is 0 Å². The molecule has 0 saturated carbocycles. The first-order valence-corrected chi connectivity index (χ1v) is 7.68. The van der Waals surface area contributed by atoms with Gasteiger partial charge >= 0.3 is 0 Å². The van der Waals surface area contributed by atoms with Crippen LogP contribution in [0, 0.1) is 6.92 Å². The first kappa shape index (κ1) is 16.0. The molecule has 2 aromatic rings. The van der Waals surface area contributed by atoms with Crippen LogP contribution in [0.1, 0.15) is 29.2 Å². The summed E-state index contributed by atoms with van der Waals surface area (Å²) in [5.74, 6) is 0. The van der Waals surface area contributed by atoms with E-state index in [9.17, 15) is 0 Å². The molecule has 2 nitrogen and oxygen atoms in total. The van der Waals surface area contributed by atoms with Crippen LogP contribution in [0.2, 0.25) is 5.02 Å². The summed E-state index contributed by atoms with van der Waals surface area (Å²) < 4.78 is 5.51. The van der Waals surface area contributed by atoms with Crippen LogP contribution in [0.3, 0.4) is 0 Å². The molecule has 0 atom stereocenters. The van der Waals surface area contributed by atoms with Gasteiger partial charge in [0.05, 0.1) is 6.61 Å². The highest BCUT2D eigenvalue weighted by Crippen LogP contribution is 2.15. The van der Waals surface area contributed by atoms with Gasteiger partial charge in [-0.25, -0.2) is 0 Å². The molecule has 2 rings (SSSR count). The molecule has 0 aliphatic heterocycles. The van der Waals surface area contributed by atoms with E-state index in [1.54, 1.807) is 0 Å².